The summed E-state index contributed by atoms with van der Waals surface area (Å²) in [4.78, 5) is 0. The molecule has 2 heterocycles. The lowest BCUT2D eigenvalue weighted by atomic mass is 9.83. The van der Waals surface area contributed by atoms with Crippen molar-refractivity contribution in [2.75, 3.05) is 39.5 Å². The first kappa shape index (κ1) is 34.8. The second-order valence-electron chi connectivity index (χ2n) is 11.1. The SMILES string of the molecule is NCCCNC[C@H]1O[C@H](OC2[C@@H](N)C[C@@H](NC(CO)CO)[C@H](O[C@H]3O[C@H](CO)[C@@H](O)[C@H](N)[C@H]3O)[C@H]2O)[C@H](N)C[C@@H]1O. The standard InChI is InChI=1S/C24H50N6O11/c25-2-1-3-29-6-15-14(34)5-12(27)23(38-15)40-21-11(26)4-13(30-10(7-31)8-32)22(20(21)37)41-24-19(36)17(28)18(35)16(9-33)39-24/h10-24,29-37H,1-9,25-28H2/t11-,12+,13+,14-,15+,16+,17-,18+,19+,20-,21?,22-,23+,24+/m0/s1. The predicted molar refractivity (Wildman–Crippen MR) is 143 cm³/mol. The molecule has 0 aromatic rings. The van der Waals surface area contributed by atoms with Gasteiger partial charge in [-0.1, -0.05) is 0 Å². The molecular weight excluding hydrogens is 548 g/mol. The molecule has 41 heavy (non-hydrogen) atoms. The number of aliphatic hydroxyl groups is 7. The summed E-state index contributed by atoms with van der Waals surface area (Å²) in [5, 5.41) is 77.8. The highest BCUT2D eigenvalue weighted by atomic mass is 16.7. The van der Waals surface area contributed by atoms with E-state index in [2.05, 4.69) is 10.6 Å². The van der Waals surface area contributed by atoms with E-state index in [1.54, 1.807) is 0 Å². The van der Waals surface area contributed by atoms with Gasteiger partial charge in [-0.15, -0.1) is 0 Å². The maximum atomic E-state index is 11.5. The van der Waals surface area contributed by atoms with Crippen molar-refractivity contribution in [2.45, 2.75) is 111 Å². The number of hydrogen-bond acceptors (Lipinski definition) is 17. The molecule has 1 unspecified atom stereocenters. The Balaban J connectivity index is 1.77. The summed E-state index contributed by atoms with van der Waals surface area (Å²) < 4.78 is 23.6. The lowest BCUT2D eigenvalue weighted by Gasteiger charge is -2.49. The number of nitrogens with one attached hydrogen (secondary N) is 2. The maximum Gasteiger partial charge on any atom is 0.186 e. The molecule has 2 saturated heterocycles. The van der Waals surface area contributed by atoms with Gasteiger partial charge in [0, 0.05) is 18.6 Å². The monoisotopic (exact) mass is 598 g/mol. The first-order valence-corrected chi connectivity index (χ1v) is 14.2. The normalized spacial score (nSPS) is 43.9. The molecule has 1 aliphatic carbocycles. The fourth-order valence-corrected chi connectivity index (χ4v) is 5.46. The lowest BCUT2D eigenvalue weighted by molar-refractivity contribution is -0.316. The molecule has 0 spiro atoms. The van der Waals surface area contributed by atoms with E-state index in [-0.39, 0.29) is 12.8 Å². The third kappa shape index (κ3) is 8.70. The number of rotatable bonds is 14. The van der Waals surface area contributed by atoms with Crippen LogP contribution in [0.3, 0.4) is 0 Å². The van der Waals surface area contributed by atoms with E-state index in [9.17, 15) is 35.7 Å². The van der Waals surface area contributed by atoms with Crippen LogP contribution in [0.2, 0.25) is 0 Å². The Morgan fingerprint density at radius 3 is 2.10 bits per heavy atom. The summed E-state index contributed by atoms with van der Waals surface area (Å²) in [5.41, 5.74) is 24.1. The van der Waals surface area contributed by atoms with Crippen LogP contribution in [0.25, 0.3) is 0 Å². The molecule has 242 valence electrons. The fourth-order valence-electron chi connectivity index (χ4n) is 5.46. The molecule has 3 rings (SSSR count). The summed E-state index contributed by atoms with van der Waals surface area (Å²) in [5.74, 6) is 0. The zero-order chi connectivity index (χ0) is 30.3. The topological polar surface area (TPSA) is 307 Å². The fraction of sp³-hybridized carbons (Fsp3) is 1.00. The largest absolute Gasteiger partial charge is 0.395 e. The van der Waals surface area contributed by atoms with E-state index >= 15 is 0 Å². The average Bonchev–Trinajstić information content (AvgIpc) is 2.95. The lowest BCUT2D eigenvalue weighted by Crippen LogP contribution is -2.69. The smallest absolute Gasteiger partial charge is 0.186 e. The van der Waals surface area contributed by atoms with Crippen molar-refractivity contribution < 1.29 is 54.7 Å². The molecule has 17 N–H and O–H groups in total. The number of aliphatic hydroxyl groups excluding tert-OH is 7. The van der Waals surface area contributed by atoms with Crippen molar-refractivity contribution in [1.82, 2.24) is 10.6 Å². The van der Waals surface area contributed by atoms with E-state index in [0.717, 1.165) is 6.42 Å². The van der Waals surface area contributed by atoms with E-state index in [1.807, 2.05) is 0 Å². The van der Waals surface area contributed by atoms with E-state index in [4.69, 9.17) is 41.9 Å². The zero-order valence-corrected chi connectivity index (χ0v) is 23.1. The molecule has 0 aromatic heterocycles. The van der Waals surface area contributed by atoms with E-state index in [0.29, 0.717) is 19.6 Å². The molecule has 0 radical (unpaired) electrons. The van der Waals surface area contributed by atoms with Crippen molar-refractivity contribution in [3.63, 3.8) is 0 Å². The molecule has 0 aromatic carbocycles. The van der Waals surface area contributed by atoms with Crippen molar-refractivity contribution in [1.29, 1.82) is 0 Å². The third-order valence-electron chi connectivity index (χ3n) is 7.93. The minimum atomic E-state index is -1.52. The molecular formula is C24H50N6O11. The van der Waals surface area contributed by atoms with Crippen molar-refractivity contribution in [3.8, 4) is 0 Å². The highest BCUT2D eigenvalue weighted by Crippen LogP contribution is 2.31. The Labute approximate surface area is 239 Å². The molecule has 17 nitrogen and oxygen atoms in total. The van der Waals surface area contributed by atoms with Gasteiger partial charge >= 0.3 is 0 Å². The Hall–Kier alpha value is -0.680. The van der Waals surface area contributed by atoms with Crippen molar-refractivity contribution >= 4 is 0 Å². The number of hydrogen-bond donors (Lipinski definition) is 13. The number of nitrogens with two attached hydrogens (primary N) is 4. The molecule has 14 atom stereocenters. The molecule has 0 bridgehead atoms. The summed E-state index contributed by atoms with van der Waals surface area (Å²) in [6, 6.07) is -4.29. The maximum absolute atomic E-state index is 11.5. The molecule has 2 aliphatic heterocycles. The van der Waals surface area contributed by atoms with Gasteiger partial charge in [-0.2, -0.15) is 0 Å². The summed E-state index contributed by atoms with van der Waals surface area (Å²) in [6.07, 6.45) is -10.7. The second kappa shape index (κ2) is 16.4. The van der Waals surface area contributed by atoms with Gasteiger partial charge in [0.1, 0.15) is 36.6 Å². The molecule has 3 fully saturated rings. The molecule has 0 amide bonds. The van der Waals surface area contributed by atoms with Crippen LogP contribution in [0.1, 0.15) is 19.3 Å². The molecule has 17 heteroatoms. The van der Waals surface area contributed by atoms with Gasteiger partial charge in [-0.3, -0.25) is 0 Å². The van der Waals surface area contributed by atoms with Gasteiger partial charge in [-0.25, -0.2) is 0 Å². The third-order valence-corrected chi connectivity index (χ3v) is 7.93. The zero-order valence-electron chi connectivity index (χ0n) is 23.1. The highest BCUT2D eigenvalue weighted by Gasteiger charge is 2.51. The number of ether oxygens (including phenoxy) is 4. The van der Waals surface area contributed by atoms with Crippen LogP contribution in [0, 0.1) is 0 Å². The van der Waals surface area contributed by atoms with Crippen molar-refractivity contribution in [3.05, 3.63) is 0 Å². The van der Waals surface area contributed by atoms with Crippen LogP contribution in [-0.4, -0.2) is 167 Å². The Bertz CT molecular complexity index is 759. The predicted octanol–water partition coefficient (Wildman–Crippen LogP) is -7.33. The van der Waals surface area contributed by atoms with Gasteiger partial charge < -0.3 is 88.3 Å². The van der Waals surface area contributed by atoms with E-state index < -0.39 is 111 Å². The first-order chi connectivity index (χ1) is 19.6. The molecule has 3 aliphatic rings. The van der Waals surface area contributed by atoms with Gasteiger partial charge in [0.15, 0.2) is 12.6 Å². The average molecular weight is 599 g/mol. The van der Waals surface area contributed by atoms with Crippen LogP contribution in [0.15, 0.2) is 0 Å². The summed E-state index contributed by atoms with van der Waals surface area (Å²) >= 11 is 0. The molecule has 1 saturated carbocycles. The van der Waals surface area contributed by atoms with Crippen LogP contribution in [-0.2, 0) is 18.9 Å². The second-order valence-corrected chi connectivity index (χ2v) is 11.1. The summed E-state index contributed by atoms with van der Waals surface area (Å²) in [6.45, 7) is 0.0199. The van der Waals surface area contributed by atoms with Crippen LogP contribution in [0.5, 0.6) is 0 Å². The van der Waals surface area contributed by atoms with Crippen LogP contribution >= 0.6 is 0 Å². The van der Waals surface area contributed by atoms with Gasteiger partial charge in [0.2, 0.25) is 0 Å². The summed E-state index contributed by atoms with van der Waals surface area (Å²) in [7, 11) is 0. The van der Waals surface area contributed by atoms with Crippen LogP contribution < -0.4 is 33.6 Å². The van der Waals surface area contributed by atoms with Gasteiger partial charge in [0.05, 0.1) is 50.2 Å². The van der Waals surface area contributed by atoms with Gasteiger partial charge in [-0.05, 0) is 32.4 Å². The van der Waals surface area contributed by atoms with E-state index in [1.165, 1.54) is 0 Å². The minimum Gasteiger partial charge on any atom is -0.395 e. The Kier molecular flexibility index (Phi) is 13.9. The Morgan fingerprint density at radius 2 is 1.46 bits per heavy atom. The first-order valence-electron chi connectivity index (χ1n) is 14.2. The van der Waals surface area contributed by atoms with Crippen LogP contribution in [0.4, 0.5) is 0 Å². The highest BCUT2D eigenvalue weighted by molar-refractivity contribution is 5.03. The Morgan fingerprint density at radius 1 is 0.805 bits per heavy atom. The minimum absolute atomic E-state index is 0.123. The quantitative estimate of drug-likeness (QED) is 0.0826. The van der Waals surface area contributed by atoms with Crippen molar-refractivity contribution in [2.24, 2.45) is 22.9 Å². The van der Waals surface area contributed by atoms with Gasteiger partial charge in [0.25, 0.3) is 0 Å².